The van der Waals surface area contributed by atoms with Gasteiger partial charge in [-0.2, -0.15) is 13.2 Å². The van der Waals surface area contributed by atoms with Crippen molar-refractivity contribution < 1.29 is 17.6 Å². The van der Waals surface area contributed by atoms with E-state index in [4.69, 9.17) is 4.42 Å². The molecule has 11 heteroatoms. The second-order valence-corrected chi connectivity index (χ2v) is 10.2. The zero-order valence-electron chi connectivity index (χ0n) is 19.0. The molecule has 1 aliphatic carbocycles. The van der Waals surface area contributed by atoms with Crippen molar-refractivity contribution in [3.63, 3.8) is 0 Å². The number of nitrogens with zero attached hydrogens (tertiary/aromatic N) is 5. The fraction of sp³-hybridized carbons (Fsp3) is 0.522. The highest BCUT2D eigenvalue weighted by molar-refractivity contribution is 7.99. The van der Waals surface area contributed by atoms with E-state index in [0.29, 0.717) is 17.5 Å². The Balaban J connectivity index is 0.00000274. The van der Waals surface area contributed by atoms with Crippen LogP contribution in [0.15, 0.2) is 40.2 Å². The third-order valence-electron chi connectivity index (χ3n) is 6.93. The molecule has 184 valence electrons. The molecule has 1 aliphatic heterocycles. The smallest absolute Gasteiger partial charge is 0.416 e. The molecule has 0 radical (unpaired) electrons. The molecule has 2 fully saturated rings. The van der Waals surface area contributed by atoms with Crippen molar-refractivity contribution in [2.75, 3.05) is 25.4 Å². The van der Waals surface area contributed by atoms with Crippen molar-refractivity contribution >= 4 is 24.2 Å². The maximum absolute atomic E-state index is 12.8. The minimum Gasteiger partial charge on any atom is -0.440 e. The molecule has 1 saturated carbocycles. The minimum absolute atomic E-state index is 0. The van der Waals surface area contributed by atoms with Crippen LogP contribution in [0.3, 0.4) is 0 Å². The quantitative estimate of drug-likeness (QED) is 0.303. The van der Waals surface area contributed by atoms with Crippen molar-refractivity contribution in [1.29, 1.82) is 0 Å². The summed E-state index contributed by atoms with van der Waals surface area (Å²) in [6.45, 7) is 4.98. The predicted octanol–water partition coefficient (Wildman–Crippen LogP) is 5.58. The molecular formula is C23H27ClF3N5OS. The van der Waals surface area contributed by atoms with Crippen LogP contribution in [0.4, 0.5) is 13.2 Å². The number of aromatic nitrogens is 4. The molecule has 1 spiro atoms. The average molecular weight is 514 g/mol. The Morgan fingerprint density at radius 1 is 1.21 bits per heavy atom. The maximum Gasteiger partial charge on any atom is 0.416 e. The van der Waals surface area contributed by atoms with E-state index in [1.54, 1.807) is 23.9 Å². The monoisotopic (exact) mass is 513 g/mol. The van der Waals surface area contributed by atoms with Crippen LogP contribution in [0.1, 0.15) is 42.0 Å². The highest BCUT2D eigenvalue weighted by Crippen LogP contribution is 2.64. The lowest BCUT2D eigenvalue weighted by atomic mass is 9.97. The Labute approximate surface area is 206 Å². The van der Waals surface area contributed by atoms with Gasteiger partial charge in [0.05, 0.1) is 11.3 Å². The Bertz CT molecular complexity index is 1130. The van der Waals surface area contributed by atoms with E-state index < -0.39 is 11.7 Å². The number of aryl methyl sites for hydroxylation is 1. The molecule has 1 aromatic carbocycles. The second-order valence-electron chi connectivity index (χ2n) is 9.10. The van der Waals surface area contributed by atoms with Crippen molar-refractivity contribution in [3.8, 4) is 11.6 Å². The lowest BCUT2D eigenvalue weighted by Crippen LogP contribution is -2.23. The molecule has 2 aliphatic rings. The summed E-state index contributed by atoms with van der Waals surface area (Å²) in [6, 6.07) is 5.76. The van der Waals surface area contributed by atoms with Gasteiger partial charge < -0.3 is 13.9 Å². The normalized spacial score (nSPS) is 22.3. The summed E-state index contributed by atoms with van der Waals surface area (Å²) in [5, 5.41) is 9.38. The van der Waals surface area contributed by atoms with E-state index in [0.717, 1.165) is 61.1 Å². The van der Waals surface area contributed by atoms with Gasteiger partial charge in [0.15, 0.2) is 17.3 Å². The summed E-state index contributed by atoms with van der Waals surface area (Å²) in [7, 11) is 1.93. The molecule has 6 nitrogen and oxygen atoms in total. The number of likely N-dealkylation sites (tertiary alicyclic amines) is 1. The van der Waals surface area contributed by atoms with Gasteiger partial charge in [-0.05, 0) is 68.3 Å². The van der Waals surface area contributed by atoms with Gasteiger partial charge in [-0.25, -0.2) is 4.98 Å². The third-order valence-corrected chi connectivity index (χ3v) is 8.03. The van der Waals surface area contributed by atoms with Crippen LogP contribution in [0.2, 0.25) is 0 Å². The Morgan fingerprint density at radius 3 is 2.65 bits per heavy atom. The van der Waals surface area contributed by atoms with Gasteiger partial charge in [0, 0.05) is 19.3 Å². The van der Waals surface area contributed by atoms with E-state index >= 15 is 0 Å². The number of oxazole rings is 1. The summed E-state index contributed by atoms with van der Waals surface area (Å²) >= 11 is 1.68. The predicted molar refractivity (Wildman–Crippen MR) is 126 cm³/mol. The van der Waals surface area contributed by atoms with Gasteiger partial charge in [-0.15, -0.1) is 22.6 Å². The fourth-order valence-corrected chi connectivity index (χ4v) is 5.79. The fourth-order valence-electron chi connectivity index (χ4n) is 4.96. The summed E-state index contributed by atoms with van der Waals surface area (Å²) < 4.78 is 45.8. The summed E-state index contributed by atoms with van der Waals surface area (Å²) in [5.74, 6) is 2.65. The number of halogens is 4. The SMILES string of the molecule is Cc1ncoc1-c1nnc(SCCCN2CC[C@@]3(C[C@@H]3c3ccc(C(F)(F)F)cc3)C2)n1C.Cl. The number of hydrogen-bond donors (Lipinski definition) is 0. The molecule has 3 aromatic rings. The van der Waals surface area contributed by atoms with Gasteiger partial charge in [-0.3, -0.25) is 0 Å². The van der Waals surface area contributed by atoms with Gasteiger partial charge in [0.25, 0.3) is 0 Å². The number of thioether (sulfide) groups is 1. The Kier molecular flexibility index (Phi) is 7.04. The van der Waals surface area contributed by atoms with Crippen molar-refractivity contribution in [2.45, 2.75) is 43.4 Å². The van der Waals surface area contributed by atoms with Gasteiger partial charge in [0.1, 0.15) is 0 Å². The van der Waals surface area contributed by atoms with Gasteiger partial charge in [-0.1, -0.05) is 23.9 Å². The van der Waals surface area contributed by atoms with Crippen molar-refractivity contribution in [3.05, 3.63) is 47.5 Å². The molecule has 1 saturated heterocycles. The van der Waals surface area contributed by atoms with E-state index in [-0.39, 0.29) is 17.8 Å². The Morgan fingerprint density at radius 2 is 1.97 bits per heavy atom. The summed E-state index contributed by atoms with van der Waals surface area (Å²) in [5.41, 5.74) is 1.51. The van der Waals surface area contributed by atoms with Crippen LogP contribution in [-0.4, -0.2) is 50.0 Å². The highest BCUT2D eigenvalue weighted by atomic mass is 35.5. The highest BCUT2D eigenvalue weighted by Gasteiger charge is 2.57. The van der Waals surface area contributed by atoms with Gasteiger partial charge in [0.2, 0.25) is 5.82 Å². The maximum atomic E-state index is 12.8. The first-order valence-corrected chi connectivity index (χ1v) is 12.1. The van der Waals surface area contributed by atoms with E-state index in [2.05, 4.69) is 20.1 Å². The number of hydrogen-bond acceptors (Lipinski definition) is 6. The molecule has 0 unspecified atom stereocenters. The first-order valence-electron chi connectivity index (χ1n) is 11.1. The van der Waals surface area contributed by atoms with Crippen LogP contribution < -0.4 is 0 Å². The van der Waals surface area contributed by atoms with Crippen LogP contribution in [0, 0.1) is 12.3 Å². The molecule has 3 heterocycles. The van der Waals surface area contributed by atoms with Crippen LogP contribution in [-0.2, 0) is 13.2 Å². The molecule has 0 N–H and O–H groups in total. The lowest BCUT2D eigenvalue weighted by Gasteiger charge is -2.16. The first-order chi connectivity index (χ1) is 15.8. The Hall–Kier alpha value is -2.04. The summed E-state index contributed by atoms with van der Waals surface area (Å²) in [4.78, 5) is 6.60. The van der Waals surface area contributed by atoms with Crippen LogP contribution in [0.25, 0.3) is 11.6 Å². The molecule has 0 amide bonds. The molecule has 2 atom stereocenters. The zero-order chi connectivity index (χ0) is 23.2. The third kappa shape index (κ3) is 4.85. The van der Waals surface area contributed by atoms with E-state index in [1.165, 1.54) is 18.5 Å². The first kappa shape index (κ1) is 25.1. The van der Waals surface area contributed by atoms with Crippen molar-refractivity contribution in [1.82, 2.24) is 24.6 Å². The molecule has 2 aromatic heterocycles. The lowest BCUT2D eigenvalue weighted by molar-refractivity contribution is -0.137. The minimum atomic E-state index is -4.27. The van der Waals surface area contributed by atoms with E-state index in [1.807, 2.05) is 18.5 Å². The zero-order valence-corrected chi connectivity index (χ0v) is 20.6. The molecular weight excluding hydrogens is 487 g/mol. The van der Waals surface area contributed by atoms with Gasteiger partial charge >= 0.3 is 6.18 Å². The largest absolute Gasteiger partial charge is 0.440 e. The van der Waals surface area contributed by atoms with E-state index in [9.17, 15) is 13.2 Å². The second kappa shape index (κ2) is 9.54. The molecule has 0 bridgehead atoms. The topological polar surface area (TPSA) is 60.0 Å². The molecule has 5 rings (SSSR count). The summed E-state index contributed by atoms with van der Waals surface area (Å²) in [6.07, 6.45) is 0.372. The number of benzene rings is 1. The molecule has 34 heavy (non-hydrogen) atoms. The standard InChI is InChI=1S/C23H26F3N5OS.ClH/c1-15-19(32-14-27-15)20-28-29-21(30(20)2)33-11-3-9-31-10-8-22(13-31)12-18(22)16-4-6-17(7-5-16)23(24,25)26;/h4-7,14,18H,3,8-13H2,1-2H3;1H/t18-,22-;/m1./s1. The van der Waals surface area contributed by atoms with Crippen LogP contribution >= 0.6 is 24.2 Å². The average Bonchev–Trinajstić information content (AvgIpc) is 3.05. The number of alkyl halides is 3. The van der Waals surface area contributed by atoms with Crippen LogP contribution in [0.5, 0.6) is 0 Å². The number of rotatable bonds is 7. The van der Waals surface area contributed by atoms with Crippen molar-refractivity contribution in [2.24, 2.45) is 12.5 Å².